The lowest BCUT2D eigenvalue weighted by Gasteiger charge is -2.06. The van der Waals surface area contributed by atoms with Crippen molar-refractivity contribution in [3.8, 4) is 11.5 Å². The van der Waals surface area contributed by atoms with Crippen LogP contribution in [0, 0.1) is 10.1 Å². The molecule has 0 aromatic heterocycles. The van der Waals surface area contributed by atoms with Crippen LogP contribution < -0.4 is 9.47 Å². The van der Waals surface area contributed by atoms with Gasteiger partial charge in [-0.1, -0.05) is 0 Å². The highest BCUT2D eigenvalue weighted by molar-refractivity contribution is 5.69. The van der Waals surface area contributed by atoms with Gasteiger partial charge in [-0.05, 0) is 24.3 Å². The molecule has 0 aliphatic rings. The summed E-state index contributed by atoms with van der Waals surface area (Å²) in [4.78, 5) is 24.7. The lowest BCUT2D eigenvalue weighted by molar-refractivity contribution is -0.757. The molecule has 98 valence electrons. The van der Waals surface area contributed by atoms with Crippen molar-refractivity contribution in [2.75, 3.05) is 13.2 Å². The van der Waals surface area contributed by atoms with Crippen molar-refractivity contribution in [2.24, 2.45) is 0 Å². The number of hydrogen-bond donors (Lipinski definition) is 0. The SMILES string of the molecule is CC(=O)Oc1ccc(OCCCO[N+](=O)[O-])cc1. The fraction of sp³-hybridized carbons (Fsp3) is 0.364. The summed E-state index contributed by atoms with van der Waals surface area (Å²) in [6.45, 7) is 1.62. The number of carbonyl (C=O) groups is 1. The van der Waals surface area contributed by atoms with E-state index < -0.39 is 5.09 Å². The molecule has 0 fully saturated rings. The van der Waals surface area contributed by atoms with Gasteiger partial charge in [0.25, 0.3) is 5.09 Å². The van der Waals surface area contributed by atoms with Crippen LogP contribution in [0.5, 0.6) is 11.5 Å². The number of esters is 1. The lowest BCUT2D eigenvalue weighted by Crippen LogP contribution is -2.06. The third-order valence-corrected chi connectivity index (χ3v) is 1.84. The van der Waals surface area contributed by atoms with Crippen molar-refractivity contribution in [1.82, 2.24) is 0 Å². The molecule has 0 bridgehead atoms. The van der Waals surface area contributed by atoms with Gasteiger partial charge >= 0.3 is 5.97 Å². The van der Waals surface area contributed by atoms with Gasteiger partial charge in [-0.3, -0.25) is 4.79 Å². The Morgan fingerprint density at radius 2 is 1.83 bits per heavy atom. The topological polar surface area (TPSA) is 87.9 Å². The molecule has 7 nitrogen and oxygen atoms in total. The summed E-state index contributed by atoms with van der Waals surface area (Å²) in [6.07, 6.45) is 0.409. The fourth-order valence-electron chi connectivity index (χ4n) is 1.16. The third-order valence-electron chi connectivity index (χ3n) is 1.84. The first-order valence-electron chi connectivity index (χ1n) is 5.26. The van der Waals surface area contributed by atoms with Crippen molar-refractivity contribution >= 4 is 5.97 Å². The van der Waals surface area contributed by atoms with E-state index in [1.807, 2.05) is 0 Å². The number of nitrogens with zero attached hydrogens (tertiary/aromatic N) is 1. The molecule has 18 heavy (non-hydrogen) atoms. The van der Waals surface area contributed by atoms with E-state index in [0.717, 1.165) is 0 Å². The Morgan fingerprint density at radius 1 is 1.22 bits per heavy atom. The Hall–Kier alpha value is -2.31. The van der Waals surface area contributed by atoms with Crippen LogP contribution in [0.1, 0.15) is 13.3 Å². The Morgan fingerprint density at radius 3 is 2.39 bits per heavy atom. The largest absolute Gasteiger partial charge is 0.494 e. The third kappa shape index (κ3) is 5.69. The van der Waals surface area contributed by atoms with Gasteiger partial charge in [-0.2, -0.15) is 0 Å². The molecule has 0 saturated carbocycles. The number of carbonyl (C=O) groups excluding carboxylic acids is 1. The van der Waals surface area contributed by atoms with Crippen molar-refractivity contribution in [2.45, 2.75) is 13.3 Å². The van der Waals surface area contributed by atoms with Crippen LogP contribution in [-0.2, 0) is 9.63 Å². The summed E-state index contributed by atoms with van der Waals surface area (Å²) in [5.41, 5.74) is 0. The van der Waals surface area contributed by atoms with E-state index in [1.165, 1.54) is 6.92 Å². The van der Waals surface area contributed by atoms with Crippen molar-refractivity contribution < 1.29 is 24.2 Å². The first-order valence-corrected chi connectivity index (χ1v) is 5.26. The van der Waals surface area contributed by atoms with E-state index in [1.54, 1.807) is 24.3 Å². The van der Waals surface area contributed by atoms with E-state index in [2.05, 4.69) is 4.84 Å². The van der Waals surface area contributed by atoms with Crippen LogP contribution in [0.3, 0.4) is 0 Å². The molecule has 0 aliphatic carbocycles. The molecule has 0 atom stereocenters. The molecular formula is C11H13NO6. The van der Waals surface area contributed by atoms with Gasteiger partial charge in [0.2, 0.25) is 0 Å². The molecule has 0 heterocycles. The van der Waals surface area contributed by atoms with Gasteiger partial charge in [0, 0.05) is 13.3 Å². The number of ether oxygens (including phenoxy) is 2. The molecule has 0 spiro atoms. The van der Waals surface area contributed by atoms with E-state index in [0.29, 0.717) is 24.5 Å². The van der Waals surface area contributed by atoms with Gasteiger partial charge < -0.3 is 14.3 Å². The van der Waals surface area contributed by atoms with Crippen LogP contribution >= 0.6 is 0 Å². The second-order valence-electron chi connectivity index (χ2n) is 3.32. The average Bonchev–Trinajstić information content (AvgIpc) is 2.30. The van der Waals surface area contributed by atoms with Gasteiger partial charge in [0.05, 0.1) is 13.2 Å². The van der Waals surface area contributed by atoms with E-state index in [-0.39, 0.29) is 12.6 Å². The summed E-state index contributed by atoms with van der Waals surface area (Å²) in [5.74, 6) is 0.638. The molecule has 0 saturated heterocycles. The zero-order chi connectivity index (χ0) is 13.4. The molecule has 0 aliphatic heterocycles. The highest BCUT2D eigenvalue weighted by atomic mass is 16.9. The molecule has 0 radical (unpaired) electrons. The monoisotopic (exact) mass is 255 g/mol. The Kier molecular flexibility index (Phi) is 5.43. The van der Waals surface area contributed by atoms with Crippen molar-refractivity contribution in [3.63, 3.8) is 0 Å². The minimum Gasteiger partial charge on any atom is -0.494 e. The maximum atomic E-state index is 10.7. The highest BCUT2D eigenvalue weighted by Gasteiger charge is 1.99. The predicted octanol–water partition coefficient (Wildman–Crippen LogP) is 1.59. The van der Waals surface area contributed by atoms with Crippen molar-refractivity contribution in [1.29, 1.82) is 0 Å². The summed E-state index contributed by atoms with van der Waals surface area (Å²) in [6, 6.07) is 6.49. The summed E-state index contributed by atoms with van der Waals surface area (Å²) < 4.78 is 10.2. The molecule has 1 aromatic carbocycles. The van der Waals surface area contributed by atoms with Gasteiger partial charge in [0.15, 0.2) is 0 Å². The maximum Gasteiger partial charge on any atom is 0.308 e. The van der Waals surface area contributed by atoms with Gasteiger partial charge in [0.1, 0.15) is 11.5 Å². The second kappa shape index (κ2) is 7.10. The second-order valence-corrected chi connectivity index (χ2v) is 3.32. The Labute approximate surface area is 103 Å². The fourth-order valence-corrected chi connectivity index (χ4v) is 1.16. The zero-order valence-corrected chi connectivity index (χ0v) is 9.83. The van der Waals surface area contributed by atoms with Crippen LogP contribution in [0.15, 0.2) is 24.3 Å². The zero-order valence-electron chi connectivity index (χ0n) is 9.83. The smallest absolute Gasteiger partial charge is 0.308 e. The molecule has 1 aromatic rings. The number of benzene rings is 1. The van der Waals surface area contributed by atoms with Gasteiger partial charge in [-0.25, -0.2) is 0 Å². The summed E-state index contributed by atoms with van der Waals surface area (Å²) in [5, 5.41) is 9.02. The molecular weight excluding hydrogens is 242 g/mol. The number of hydrogen-bond acceptors (Lipinski definition) is 6. The van der Waals surface area contributed by atoms with Crippen molar-refractivity contribution in [3.05, 3.63) is 34.4 Å². The quantitative estimate of drug-likeness (QED) is 0.242. The average molecular weight is 255 g/mol. The first kappa shape index (κ1) is 13.8. The Bertz CT molecular complexity index is 402. The molecule has 7 heteroatoms. The van der Waals surface area contributed by atoms with Gasteiger partial charge in [-0.15, -0.1) is 10.1 Å². The van der Waals surface area contributed by atoms with Crippen LogP contribution in [-0.4, -0.2) is 24.3 Å². The molecule has 0 N–H and O–H groups in total. The highest BCUT2D eigenvalue weighted by Crippen LogP contribution is 2.17. The summed E-state index contributed by atoms with van der Waals surface area (Å²) >= 11 is 0. The standard InChI is InChI=1S/C11H13NO6/c1-9(13)18-11-5-3-10(4-6-11)16-7-2-8-17-12(14)15/h3-6H,2,7-8H2,1H3. The molecule has 0 amide bonds. The van der Waals surface area contributed by atoms with Crippen LogP contribution in [0.4, 0.5) is 0 Å². The minimum atomic E-state index is -0.839. The first-order chi connectivity index (χ1) is 8.58. The maximum absolute atomic E-state index is 10.7. The van der Waals surface area contributed by atoms with Crippen LogP contribution in [0.2, 0.25) is 0 Å². The summed E-state index contributed by atoms with van der Waals surface area (Å²) in [7, 11) is 0. The number of rotatable bonds is 7. The molecule has 0 unspecified atom stereocenters. The van der Waals surface area contributed by atoms with E-state index in [4.69, 9.17) is 9.47 Å². The van der Waals surface area contributed by atoms with Crippen LogP contribution in [0.25, 0.3) is 0 Å². The molecule has 1 rings (SSSR count). The predicted molar refractivity (Wildman–Crippen MR) is 60.8 cm³/mol. The normalized spacial score (nSPS) is 9.61. The lowest BCUT2D eigenvalue weighted by atomic mass is 10.3. The van der Waals surface area contributed by atoms with E-state index in [9.17, 15) is 14.9 Å². The Balaban J connectivity index is 2.26. The minimum absolute atomic E-state index is 0.00146. The van der Waals surface area contributed by atoms with E-state index >= 15 is 0 Å².